The van der Waals surface area contributed by atoms with Crippen LogP contribution in [0.1, 0.15) is 10.4 Å². The topological polar surface area (TPSA) is 88.8 Å². The second-order valence-electron chi connectivity index (χ2n) is 7.04. The maximum Gasteiger partial charge on any atom is 0.259 e. The Morgan fingerprint density at radius 3 is 2.53 bits per heavy atom. The maximum atomic E-state index is 13.2. The average Bonchev–Trinajstić information content (AvgIpc) is 3.22. The second-order valence-corrected chi connectivity index (χ2v) is 7.04. The summed E-state index contributed by atoms with van der Waals surface area (Å²) < 4.78 is 19.8. The molecule has 0 aliphatic rings. The minimum Gasteiger partial charge on any atom is -0.375 e. The monoisotopic (exact) mass is 433 g/mol. The number of methoxy groups -OCH3 is 1. The first-order valence-corrected chi connectivity index (χ1v) is 9.72. The van der Waals surface area contributed by atoms with Gasteiger partial charge in [0.15, 0.2) is 0 Å². The summed E-state index contributed by atoms with van der Waals surface area (Å²) in [6.07, 6.45) is 5.01. The van der Waals surface area contributed by atoms with E-state index >= 15 is 0 Å². The van der Waals surface area contributed by atoms with Crippen LogP contribution in [0.2, 0.25) is 0 Å². The Labute approximate surface area is 183 Å². The Balaban J connectivity index is 1.61. The molecule has 162 valence electrons. The molecular formula is C23H20FN5O3. The third kappa shape index (κ3) is 4.33. The van der Waals surface area contributed by atoms with Crippen LogP contribution in [0.15, 0.2) is 67.1 Å². The van der Waals surface area contributed by atoms with Crippen molar-refractivity contribution in [3.05, 3.63) is 78.5 Å². The number of hydrogen-bond acceptors (Lipinski definition) is 5. The van der Waals surface area contributed by atoms with E-state index in [4.69, 9.17) is 4.74 Å². The molecule has 3 aromatic heterocycles. The van der Waals surface area contributed by atoms with Gasteiger partial charge in [0.05, 0.1) is 17.5 Å². The number of imidazole rings is 1. The smallest absolute Gasteiger partial charge is 0.259 e. The number of amides is 2. The Hall–Kier alpha value is -4.11. The molecule has 0 saturated carbocycles. The van der Waals surface area contributed by atoms with Gasteiger partial charge in [-0.3, -0.25) is 14.0 Å². The molecule has 1 aromatic carbocycles. The highest BCUT2D eigenvalue weighted by Gasteiger charge is 2.16. The van der Waals surface area contributed by atoms with Crippen molar-refractivity contribution in [1.29, 1.82) is 0 Å². The van der Waals surface area contributed by atoms with E-state index in [1.165, 1.54) is 24.1 Å². The number of pyridine rings is 2. The van der Waals surface area contributed by atoms with Crippen LogP contribution in [0.4, 0.5) is 15.9 Å². The third-order valence-electron chi connectivity index (χ3n) is 4.87. The van der Waals surface area contributed by atoms with Crippen molar-refractivity contribution in [1.82, 2.24) is 14.4 Å². The van der Waals surface area contributed by atoms with Gasteiger partial charge in [-0.05, 0) is 48.5 Å². The van der Waals surface area contributed by atoms with Gasteiger partial charge in [0, 0.05) is 37.8 Å². The summed E-state index contributed by atoms with van der Waals surface area (Å²) in [5.41, 5.74) is 3.19. The zero-order chi connectivity index (χ0) is 22.7. The van der Waals surface area contributed by atoms with Crippen LogP contribution in [0.25, 0.3) is 16.9 Å². The van der Waals surface area contributed by atoms with Gasteiger partial charge in [-0.2, -0.15) is 0 Å². The maximum absolute atomic E-state index is 13.2. The van der Waals surface area contributed by atoms with Crippen molar-refractivity contribution in [3.63, 3.8) is 0 Å². The predicted molar refractivity (Wildman–Crippen MR) is 118 cm³/mol. The van der Waals surface area contributed by atoms with Crippen LogP contribution in [0.3, 0.4) is 0 Å². The Bertz CT molecular complexity index is 1270. The molecule has 9 heteroatoms. The fourth-order valence-electron chi connectivity index (χ4n) is 3.23. The molecule has 2 amide bonds. The minimum atomic E-state index is -0.364. The standard InChI is InChI=1S/C23H20FN5O3/c1-28(18-7-5-17(24)6-8-18)23(31)16-4-10-21-26-12-19(29(21)13-16)15-3-9-20(25-11-15)27-22(30)14-32-2/h3-13H,14H2,1-2H3,(H,25,27,30). The highest BCUT2D eigenvalue weighted by atomic mass is 19.1. The fourth-order valence-corrected chi connectivity index (χ4v) is 3.23. The Kier molecular flexibility index (Phi) is 5.91. The molecule has 8 nitrogen and oxygen atoms in total. The van der Waals surface area contributed by atoms with Crippen LogP contribution in [0.5, 0.6) is 0 Å². The minimum absolute atomic E-state index is 0.0557. The lowest BCUT2D eigenvalue weighted by molar-refractivity contribution is -0.119. The van der Waals surface area contributed by atoms with Crippen molar-refractivity contribution in [2.75, 3.05) is 31.0 Å². The molecule has 0 atom stereocenters. The zero-order valence-electron chi connectivity index (χ0n) is 17.4. The van der Waals surface area contributed by atoms with Gasteiger partial charge in [0.1, 0.15) is 23.9 Å². The van der Waals surface area contributed by atoms with Crippen molar-refractivity contribution in [2.24, 2.45) is 0 Å². The third-order valence-corrected chi connectivity index (χ3v) is 4.87. The lowest BCUT2D eigenvalue weighted by Crippen LogP contribution is -2.26. The number of carbonyl (C=O) groups excluding carboxylic acids is 2. The van der Waals surface area contributed by atoms with Gasteiger partial charge in [-0.15, -0.1) is 0 Å². The Morgan fingerprint density at radius 1 is 1.06 bits per heavy atom. The molecule has 0 aliphatic heterocycles. The van der Waals surface area contributed by atoms with E-state index in [1.807, 2.05) is 0 Å². The molecule has 0 aliphatic carbocycles. The quantitative estimate of drug-likeness (QED) is 0.504. The Morgan fingerprint density at radius 2 is 1.84 bits per heavy atom. The molecule has 4 rings (SSSR count). The van der Waals surface area contributed by atoms with Crippen molar-refractivity contribution in [3.8, 4) is 11.3 Å². The predicted octanol–water partition coefficient (Wildman–Crippen LogP) is 3.40. The summed E-state index contributed by atoms with van der Waals surface area (Å²) in [7, 11) is 3.08. The first-order valence-electron chi connectivity index (χ1n) is 9.72. The lowest BCUT2D eigenvalue weighted by atomic mass is 10.2. The summed E-state index contributed by atoms with van der Waals surface area (Å²) >= 11 is 0. The number of benzene rings is 1. The van der Waals surface area contributed by atoms with E-state index in [9.17, 15) is 14.0 Å². The molecule has 3 heterocycles. The van der Waals surface area contributed by atoms with Crippen LogP contribution in [-0.4, -0.2) is 46.9 Å². The van der Waals surface area contributed by atoms with E-state index in [-0.39, 0.29) is 24.2 Å². The van der Waals surface area contributed by atoms with E-state index in [0.717, 1.165) is 11.3 Å². The number of fused-ring (bicyclic) bond motifs is 1. The molecular weight excluding hydrogens is 413 g/mol. The van der Waals surface area contributed by atoms with E-state index in [0.29, 0.717) is 22.7 Å². The second kappa shape index (κ2) is 8.94. The summed E-state index contributed by atoms with van der Waals surface area (Å²) in [5.74, 6) is -0.498. The zero-order valence-corrected chi connectivity index (χ0v) is 17.4. The number of halogens is 1. The highest BCUT2D eigenvalue weighted by molar-refractivity contribution is 6.05. The summed E-state index contributed by atoms with van der Waals surface area (Å²) in [6.45, 7) is -0.0557. The number of nitrogens with zero attached hydrogens (tertiary/aromatic N) is 4. The number of rotatable bonds is 6. The molecule has 32 heavy (non-hydrogen) atoms. The highest BCUT2D eigenvalue weighted by Crippen LogP contribution is 2.23. The van der Waals surface area contributed by atoms with E-state index < -0.39 is 0 Å². The van der Waals surface area contributed by atoms with Crippen LogP contribution >= 0.6 is 0 Å². The van der Waals surface area contributed by atoms with Gasteiger partial charge < -0.3 is 15.0 Å². The average molecular weight is 433 g/mol. The van der Waals surface area contributed by atoms with Crippen LogP contribution < -0.4 is 10.2 Å². The number of carbonyl (C=O) groups is 2. The normalized spacial score (nSPS) is 10.8. The van der Waals surface area contributed by atoms with Gasteiger partial charge in [-0.25, -0.2) is 14.4 Å². The van der Waals surface area contributed by atoms with Gasteiger partial charge in [-0.1, -0.05) is 0 Å². The SMILES string of the molecule is COCC(=O)Nc1ccc(-c2cnc3ccc(C(=O)N(C)c4ccc(F)cc4)cn23)cn1. The van der Waals surface area contributed by atoms with Gasteiger partial charge in [0.2, 0.25) is 0 Å². The molecule has 0 unspecified atom stereocenters. The molecule has 0 saturated heterocycles. The molecule has 0 radical (unpaired) electrons. The molecule has 0 bridgehead atoms. The number of hydrogen-bond donors (Lipinski definition) is 1. The van der Waals surface area contributed by atoms with Crippen molar-refractivity contribution >= 4 is 29.0 Å². The summed E-state index contributed by atoms with van der Waals surface area (Å²) in [5, 5.41) is 2.64. The van der Waals surface area contributed by atoms with Crippen molar-refractivity contribution < 1.29 is 18.7 Å². The lowest BCUT2D eigenvalue weighted by Gasteiger charge is -2.17. The van der Waals surface area contributed by atoms with Crippen LogP contribution in [0, 0.1) is 5.82 Å². The van der Waals surface area contributed by atoms with Gasteiger partial charge >= 0.3 is 0 Å². The molecule has 4 aromatic rings. The fraction of sp³-hybridized carbons (Fsp3) is 0.130. The number of anilines is 2. The van der Waals surface area contributed by atoms with Crippen LogP contribution in [-0.2, 0) is 9.53 Å². The van der Waals surface area contributed by atoms with E-state index in [2.05, 4.69) is 15.3 Å². The first-order chi connectivity index (χ1) is 15.5. The summed E-state index contributed by atoms with van der Waals surface area (Å²) in [4.78, 5) is 34.7. The molecule has 0 spiro atoms. The van der Waals surface area contributed by atoms with Crippen molar-refractivity contribution in [2.45, 2.75) is 0 Å². The molecule has 0 fully saturated rings. The van der Waals surface area contributed by atoms with E-state index in [1.54, 1.807) is 66.4 Å². The molecule has 1 N–H and O–H groups in total. The number of nitrogens with one attached hydrogen (secondary N) is 1. The summed E-state index contributed by atoms with van der Waals surface area (Å²) in [6, 6.07) is 12.6. The largest absolute Gasteiger partial charge is 0.375 e. The number of ether oxygens (including phenoxy) is 1. The first kappa shape index (κ1) is 21.1. The van der Waals surface area contributed by atoms with Gasteiger partial charge in [0.25, 0.3) is 11.8 Å². The number of aromatic nitrogens is 3.